The van der Waals surface area contributed by atoms with E-state index in [4.69, 9.17) is 19.0 Å². The van der Waals surface area contributed by atoms with Gasteiger partial charge < -0.3 is 24.4 Å². The van der Waals surface area contributed by atoms with E-state index in [1.54, 1.807) is 20.8 Å². The molecule has 1 aliphatic rings. The van der Waals surface area contributed by atoms with E-state index in [1.165, 1.54) is 12.2 Å². The van der Waals surface area contributed by atoms with Gasteiger partial charge in [0.1, 0.15) is 0 Å². The average Bonchev–Trinajstić information content (AvgIpc) is 2.84. The van der Waals surface area contributed by atoms with Gasteiger partial charge in [0.25, 0.3) is 5.79 Å². The van der Waals surface area contributed by atoms with Gasteiger partial charge in [0.05, 0.1) is 18.8 Å². The quantitative estimate of drug-likeness (QED) is 0.233. The van der Waals surface area contributed by atoms with Crippen molar-refractivity contribution in [2.75, 3.05) is 33.4 Å². The molecule has 0 saturated carbocycles. The number of rotatable bonds is 15. The molecule has 9 heteroatoms. The van der Waals surface area contributed by atoms with Gasteiger partial charge in [-0.1, -0.05) is 71.4 Å². The molecule has 0 amide bonds. The van der Waals surface area contributed by atoms with Crippen LogP contribution in [-0.4, -0.2) is 82.3 Å². The second-order valence-electron chi connectivity index (χ2n) is 12.3. The first-order valence-electron chi connectivity index (χ1n) is 14.2. The number of aliphatic hydroxyl groups is 1. The summed E-state index contributed by atoms with van der Waals surface area (Å²) >= 11 is 0. The smallest absolute Gasteiger partial charge is 0.360 e. The molecule has 2 rings (SSSR count). The lowest BCUT2D eigenvalue weighted by molar-refractivity contribution is -0.493. The molecule has 1 heterocycles. The Labute approximate surface area is 235 Å². The normalized spacial score (nSPS) is 26.6. The zero-order chi connectivity index (χ0) is 29.5. The first-order valence-corrected chi connectivity index (χ1v) is 14.2. The van der Waals surface area contributed by atoms with Crippen LogP contribution in [0.1, 0.15) is 80.2 Å². The van der Waals surface area contributed by atoms with Crippen LogP contribution in [0.25, 0.3) is 0 Å². The lowest BCUT2D eigenvalue weighted by Gasteiger charge is -2.63. The van der Waals surface area contributed by atoms with Crippen molar-refractivity contribution in [3.63, 3.8) is 0 Å². The first kappa shape index (κ1) is 33.6. The molecule has 0 radical (unpaired) electrons. The Morgan fingerprint density at radius 3 is 2.15 bits per heavy atom. The Morgan fingerprint density at radius 2 is 1.69 bits per heavy atom. The third-order valence-electron chi connectivity index (χ3n) is 6.75. The monoisotopic (exact) mass is 552 g/mol. The van der Waals surface area contributed by atoms with E-state index in [0.717, 1.165) is 12.0 Å². The molecule has 0 spiro atoms. The Kier molecular flexibility index (Phi) is 11.9. The van der Waals surface area contributed by atoms with E-state index >= 15 is 0 Å². The lowest BCUT2D eigenvalue weighted by atomic mass is 9.80. The van der Waals surface area contributed by atoms with Crippen molar-refractivity contribution in [1.29, 1.82) is 0 Å². The maximum absolute atomic E-state index is 13.6. The number of piperidine rings is 1. The number of benzene rings is 1. The fourth-order valence-corrected chi connectivity index (χ4v) is 5.31. The van der Waals surface area contributed by atoms with Gasteiger partial charge >= 0.3 is 11.7 Å². The summed E-state index contributed by atoms with van der Waals surface area (Å²) in [4.78, 5) is 21.7. The predicted octanol–water partition coefficient (Wildman–Crippen LogP) is 4.88. The largest absolute Gasteiger partial charge is 0.478 e. The van der Waals surface area contributed by atoms with Crippen molar-refractivity contribution in [3.05, 3.63) is 35.9 Å². The van der Waals surface area contributed by atoms with Crippen molar-refractivity contribution >= 4 is 5.97 Å². The number of carboxylic acids is 1. The second kappa shape index (κ2) is 13.9. The molecule has 39 heavy (non-hydrogen) atoms. The Balaban J connectivity index is 2.81. The van der Waals surface area contributed by atoms with Crippen LogP contribution < -0.4 is 0 Å². The lowest BCUT2D eigenvalue weighted by Crippen LogP contribution is -2.86. The van der Waals surface area contributed by atoms with Crippen LogP contribution in [0.3, 0.4) is 0 Å². The van der Waals surface area contributed by atoms with E-state index in [1.807, 2.05) is 42.2 Å². The van der Waals surface area contributed by atoms with Crippen molar-refractivity contribution < 1.29 is 34.1 Å². The van der Waals surface area contributed by atoms with Crippen LogP contribution >= 0.6 is 0 Å². The van der Waals surface area contributed by atoms with Gasteiger partial charge in [0.15, 0.2) is 5.72 Å². The van der Waals surface area contributed by atoms with Crippen LogP contribution in [-0.2, 0) is 30.4 Å². The summed E-state index contributed by atoms with van der Waals surface area (Å²) in [6, 6.07) is 9.51. The van der Waals surface area contributed by atoms with Gasteiger partial charge in [-0.2, -0.15) is 0 Å². The van der Waals surface area contributed by atoms with Gasteiger partial charge in [-0.3, -0.25) is 9.74 Å². The molecule has 1 aliphatic heterocycles. The summed E-state index contributed by atoms with van der Waals surface area (Å²) in [5.74, 6) is -3.15. The summed E-state index contributed by atoms with van der Waals surface area (Å²) in [5, 5.41) is 25.2. The molecular formula is C30H52N2O7. The van der Waals surface area contributed by atoms with Gasteiger partial charge in [-0.25, -0.2) is 4.79 Å². The highest BCUT2D eigenvalue weighted by Gasteiger charge is 2.78. The number of unbranched alkanes of at least 4 members (excludes halogenated alkanes) is 1. The number of ether oxygens (including phenoxy) is 3. The van der Waals surface area contributed by atoms with Crippen LogP contribution in [0, 0.1) is 11.8 Å². The molecule has 1 aromatic carbocycles. The number of hydrogen-bond donors (Lipinski definition) is 2. The van der Waals surface area contributed by atoms with Crippen LogP contribution in [0.15, 0.2) is 30.3 Å². The SMILES string of the molecule is CCCCOC1(OC)C(O)(N(CC(C)C)CC(C)C)CCN(OCc2ccccc2)C1(OC(C)(C)C)C(=O)O. The molecule has 0 bridgehead atoms. The third kappa shape index (κ3) is 7.38. The number of hydroxylamine groups is 2. The number of methoxy groups -OCH3 is 1. The molecule has 9 nitrogen and oxygen atoms in total. The molecule has 2 N–H and O–H groups in total. The summed E-state index contributed by atoms with van der Waals surface area (Å²) < 4.78 is 19.1. The Morgan fingerprint density at radius 1 is 1.10 bits per heavy atom. The van der Waals surface area contributed by atoms with Crippen LogP contribution in [0.2, 0.25) is 0 Å². The van der Waals surface area contributed by atoms with Crippen molar-refractivity contribution in [2.45, 2.75) is 104 Å². The zero-order valence-electron chi connectivity index (χ0n) is 25.5. The van der Waals surface area contributed by atoms with E-state index in [2.05, 4.69) is 27.7 Å². The van der Waals surface area contributed by atoms with Gasteiger partial charge in [-0.05, 0) is 44.6 Å². The van der Waals surface area contributed by atoms with E-state index in [0.29, 0.717) is 19.5 Å². The van der Waals surface area contributed by atoms with Crippen molar-refractivity contribution in [1.82, 2.24) is 9.96 Å². The minimum atomic E-state index is -2.35. The Bertz CT molecular complexity index is 881. The highest BCUT2D eigenvalue weighted by atomic mass is 16.8. The molecular weight excluding hydrogens is 500 g/mol. The Hall–Kier alpha value is -1.59. The molecule has 3 atom stereocenters. The molecule has 1 fully saturated rings. The topological polar surface area (TPSA) is 101 Å². The molecule has 3 unspecified atom stereocenters. The highest BCUT2D eigenvalue weighted by Crippen LogP contribution is 2.51. The van der Waals surface area contributed by atoms with E-state index < -0.39 is 28.8 Å². The minimum absolute atomic E-state index is 0.0701. The molecule has 1 aromatic rings. The van der Waals surface area contributed by atoms with Crippen molar-refractivity contribution in [3.8, 4) is 0 Å². The van der Waals surface area contributed by atoms with Crippen molar-refractivity contribution in [2.24, 2.45) is 11.8 Å². The third-order valence-corrected chi connectivity index (χ3v) is 6.75. The summed E-state index contributed by atoms with van der Waals surface area (Å²) in [7, 11) is 1.38. The fourth-order valence-electron chi connectivity index (χ4n) is 5.31. The molecule has 0 aliphatic carbocycles. The predicted molar refractivity (Wildman–Crippen MR) is 151 cm³/mol. The van der Waals surface area contributed by atoms with Crippen LogP contribution in [0.4, 0.5) is 0 Å². The van der Waals surface area contributed by atoms with E-state index in [-0.39, 0.29) is 38.0 Å². The second-order valence-corrected chi connectivity index (χ2v) is 12.3. The number of carboxylic acid groups (broad SMARTS) is 1. The summed E-state index contributed by atoms with van der Waals surface area (Å²) in [5.41, 5.74) is -4.30. The molecule has 1 saturated heterocycles. The van der Waals surface area contributed by atoms with Gasteiger partial charge in [-0.15, -0.1) is 5.06 Å². The number of nitrogens with zero attached hydrogens (tertiary/aromatic N) is 2. The van der Waals surface area contributed by atoms with Gasteiger partial charge in [0.2, 0.25) is 0 Å². The number of hydrogen-bond acceptors (Lipinski definition) is 8. The first-order chi connectivity index (χ1) is 18.2. The van der Waals surface area contributed by atoms with Crippen LogP contribution in [0.5, 0.6) is 0 Å². The summed E-state index contributed by atoms with van der Waals surface area (Å²) in [6.45, 7) is 17.0. The fraction of sp³-hybridized carbons (Fsp3) is 0.767. The van der Waals surface area contributed by atoms with E-state index in [9.17, 15) is 15.0 Å². The van der Waals surface area contributed by atoms with Gasteiger partial charge in [0, 0.05) is 33.2 Å². The minimum Gasteiger partial charge on any atom is -0.478 e. The number of carbonyl (C=O) groups is 1. The average molecular weight is 553 g/mol. The summed E-state index contributed by atoms with van der Waals surface area (Å²) in [6.07, 6.45) is 1.57. The standard InChI is InChI=1S/C30H52N2O7/c1-10-11-19-37-30(36-9)28(35,31(20-23(2)3)21-24(4)5)17-18-32(38-22-25-15-13-12-14-16-25)29(30,26(33)34)39-27(6,7)8/h12-16,23-24,35H,10-11,17-22H2,1-9H3,(H,33,34). The molecule has 224 valence electrons. The number of aliphatic carboxylic acids is 1. The molecule has 0 aromatic heterocycles. The maximum Gasteiger partial charge on any atom is 0.360 e. The zero-order valence-corrected chi connectivity index (χ0v) is 25.5. The maximum atomic E-state index is 13.6. The highest BCUT2D eigenvalue weighted by molar-refractivity contribution is 5.79.